The van der Waals surface area contributed by atoms with Crippen LogP contribution in [0.15, 0.2) is 23.1 Å². The van der Waals surface area contributed by atoms with Crippen molar-refractivity contribution in [2.45, 2.75) is 6.92 Å². The number of benzene rings is 1. The average Bonchev–Trinajstić information content (AvgIpc) is 2.59. The van der Waals surface area contributed by atoms with Gasteiger partial charge in [0.25, 0.3) is 11.1 Å². The Morgan fingerprint density at radius 1 is 1.28 bits per heavy atom. The van der Waals surface area contributed by atoms with Gasteiger partial charge in [-0.2, -0.15) is 0 Å². The van der Waals surface area contributed by atoms with Gasteiger partial charge >= 0.3 is 0 Å². The van der Waals surface area contributed by atoms with E-state index in [1.54, 1.807) is 13.0 Å². The van der Waals surface area contributed by atoms with E-state index < -0.39 is 0 Å². The van der Waals surface area contributed by atoms with Crippen LogP contribution in [0.2, 0.25) is 0 Å². The summed E-state index contributed by atoms with van der Waals surface area (Å²) in [5.74, 6) is -0.827. The van der Waals surface area contributed by atoms with Crippen LogP contribution in [0.1, 0.15) is 12.5 Å². The maximum Gasteiger partial charge on any atom is 0.293 e. The molecule has 0 aliphatic carbocycles. The minimum atomic E-state index is -0.333. The summed E-state index contributed by atoms with van der Waals surface area (Å²) in [6, 6.07) is 4.20. The molecule has 2 N–H and O–H groups in total. The van der Waals surface area contributed by atoms with Crippen LogP contribution in [0.25, 0.3) is 6.08 Å². The zero-order chi connectivity index (χ0) is 13.3. The summed E-state index contributed by atoms with van der Waals surface area (Å²) in [5.41, 5.74) is 0.548. The first-order valence-corrected chi connectivity index (χ1v) is 6.12. The first kappa shape index (κ1) is 12.5. The van der Waals surface area contributed by atoms with Crippen LogP contribution in [0.3, 0.4) is 0 Å². The maximum absolute atomic E-state index is 11.8. The summed E-state index contributed by atoms with van der Waals surface area (Å²) < 4.78 is 0. The normalized spacial score (nSPS) is 17.8. The number of nitrogens with zero attached hydrogens (tertiary/aromatic N) is 1. The molecule has 1 aromatic rings. The number of phenols is 2. The smallest absolute Gasteiger partial charge is 0.293 e. The molecule has 94 valence electrons. The van der Waals surface area contributed by atoms with Crippen LogP contribution < -0.4 is 0 Å². The third-order valence-electron chi connectivity index (χ3n) is 2.49. The van der Waals surface area contributed by atoms with Crippen molar-refractivity contribution in [2.75, 3.05) is 6.54 Å². The monoisotopic (exact) mass is 265 g/mol. The van der Waals surface area contributed by atoms with E-state index in [4.69, 9.17) is 0 Å². The molecule has 1 aromatic carbocycles. The molecule has 1 saturated heterocycles. The van der Waals surface area contributed by atoms with E-state index in [-0.39, 0.29) is 22.6 Å². The molecule has 2 rings (SSSR count). The minimum absolute atomic E-state index is 0.228. The molecular weight excluding hydrogens is 254 g/mol. The fraction of sp³-hybridized carbons (Fsp3) is 0.167. The van der Waals surface area contributed by atoms with E-state index in [0.717, 1.165) is 16.7 Å². The molecule has 0 saturated carbocycles. The number of hydrogen-bond acceptors (Lipinski definition) is 5. The Morgan fingerprint density at radius 2 is 2.00 bits per heavy atom. The van der Waals surface area contributed by atoms with Crippen LogP contribution in [0.5, 0.6) is 11.5 Å². The van der Waals surface area contributed by atoms with Crippen molar-refractivity contribution in [3.63, 3.8) is 0 Å². The van der Waals surface area contributed by atoms with E-state index in [1.807, 2.05) is 0 Å². The molecule has 0 unspecified atom stereocenters. The molecule has 2 amide bonds. The number of phenolic OH excluding ortho intramolecular Hbond substituents is 2. The van der Waals surface area contributed by atoms with Crippen LogP contribution in [-0.4, -0.2) is 32.8 Å². The fourth-order valence-electron chi connectivity index (χ4n) is 1.55. The van der Waals surface area contributed by atoms with Gasteiger partial charge in [0.1, 0.15) is 0 Å². The molecule has 6 heteroatoms. The SMILES string of the molecule is CCN1C(=O)S/C(=C\c2ccc(O)c(O)c2)C1=O. The summed E-state index contributed by atoms with van der Waals surface area (Å²) in [6.45, 7) is 2.06. The average molecular weight is 265 g/mol. The second kappa shape index (κ2) is 4.73. The molecule has 0 spiro atoms. The zero-order valence-corrected chi connectivity index (χ0v) is 10.4. The lowest BCUT2D eigenvalue weighted by molar-refractivity contribution is -0.122. The zero-order valence-electron chi connectivity index (χ0n) is 9.58. The highest BCUT2D eigenvalue weighted by molar-refractivity contribution is 8.18. The van der Waals surface area contributed by atoms with E-state index in [9.17, 15) is 19.8 Å². The highest BCUT2D eigenvalue weighted by atomic mass is 32.2. The second-order valence-electron chi connectivity index (χ2n) is 3.67. The first-order chi connectivity index (χ1) is 8.52. The number of carbonyl (C=O) groups excluding carboxylic acids is 2. The van der Waals surface area contributed by atoms with E-state index in [1.165, 1.54) is 18.2 Å². The molecule has 18 heavy (non-hydrogen) atoms. The molecule has 0 bridgehead atoms. The summed E-state index contributed by atoms with van der Waals surface area (Å²) in [5, 5.41) is 18.2. The molecule has 5 nitrogen and oxygen atoms in total. The van der Waals surface area contributed by atoms with E-state index in [2.05, 4.69) is 0 Å². The number of aromatic hydroxyl groups is 2. The van der Waals surface area contributed by atoms with Crippen LogP contribution in [0, 0.1) is 0 Å². The predicted octanol–water partition coefficient (Wildman–Crippen LogP) is 2.15. The molecule has 1 aliphatic rings. The fourth-order valence-corrected chi connectivity index (χ4v) is 2.46. The Labute approximate surface area is 108 Å². The van der Waals surface area contributed by atoms with Crippen LogP contribution in [0.4, 0.5) is 4.79 Å². The molecule has 0 radical (unpaired) electrons. The number of carbonyl (C=O) groups is 2. The Hall–Kier alpha value is -1.95. The van der Waals surface area contributed by atoms with Gasteiger partial charge in [-0.1, -0.05) is 6.07 Å². The van der Waals surface area contributed by atoms with E-state index in [0.29, 0.717) is 17.0 Å². The van der Waals surface area contributed by atoms with Crippen molar-refractivity contribution in [2.24, 2.45) is 0 Å². The van der Waals surface area contributed by atoms with Crippen molar-refractivity contribution in [1.29, 1.82) is 0 Å². The summed E-state index contributed by atoms with van der Waals surface area (Å²) in [7, 11) is 0. The van der Waals surface area contributed by atoms with E-state index >= 15 is 0 Å². The lowest BCUT2D eigenvalue weighted by Gasteiger charge is -2.07. The number of amides is 2. The molecule has 1 fully saturated rings. The van der Waals surface area contributed by atoms with Gasteiger partial charge in [0.15, 0.2) is 11.5 Å². The lowest BCUT2D eigenvalue weighted by Crippen LogP contribution is -2.27. The summed E-state index contributed by atoms with van der Waals surface area (Å²) >= 11 is 0.866. The highest BCUT2D eigenvalue weighted by Crippen LogP contribution is 2.33. The lowest BCUT2D eigenvalue weighted by atomic mass is 10.2. The number of thioether (sulfide) groups is 1. The van der Waals surface area contributed by atoms with Gasteiger partial charge < -0.3 is 10.2 Å². The van der Waals surface area contributed by atoms with Gasteiger partial charge in [0, 0.05) is 6.54 Å². The van der Waals surface area contributed by atoms with Crippen molar-refractivity contribution in [3.05, 3.63) is 28.7 Å². The standard InChI is InChI=1S/C12H11NO4S/c1-2-13-11(16)10(18-12(13)17)6-7-3-4-8(14)9(15)5-7/h3-6,14-15H,2H2,1H3/b10-6-. The molecule has 0 atom stereocenters. The van der Waals surface area contributed by atoms with Crippen LogP contribution >= 0.6 is 11.8 Å². The quantitative estimate of drug-likeness (QED) is 0.633. The Bertz CT molecular complexity index is 553. The molecular formula is C12H11NO4S. The second-order valence-corrected chi connectivity index (χ2v) is 4.67. The molecule has 1 heterocycles. The first-order valence-electron chi connectivity index (χ1n) is 5.30. The Kier molecular flexibility index (Phi) is 3.29. The third-order valence-corrected chi connectivity index (χ3v) is 3.39. The number of hydrogen-bond donors (Lipinski definition) is 2. The summed E-state index contributed by atoms with van der Waals surface area (Å²) in [6.07, 6.45) is 1.51. The van der Waals surface area contributed by atoms with Gasteiger partial charge in [0.2, 0.25) is 0 Å². The van der Waals surface area contributed by atoms with Gasteiger partial charge in [-0.05, 0) is 42.5 Å². The van der Waals surface area contributed by atoms with Crippen molar-refractivity contribution in [3.8, 4) is 11.5 Å². The maximum atomic E-state index is 11.8. The molecule has 1 aliphatic heterocycles. The number of rotatable bonds is 2. The van der Waals surface area contributed by atoms with Crippen LogP contribution in [-0.2, 0) is 4.79 Å². The van der Waals surface area contributed by atoms with Gasteiger partial charge in [-0.3, -0.25) is 14.5 Å². The van der Waals surface area contributed by atoms with Gasteiger partial charge in [-0.25, -0.2) is 0 Å². The molecule has 0 aromatic heterocycles. The third kappa shape index (κ3) is 2.19. The summed E-state index contributed by atoms with van der Waals surface area (Å²) in [4.78, 5) is 24.7. The number of imide groups is 1. The Morgan fingerprint density at radius 3 is 2.56 bits per heavy atom. The Balaban J connectivity index is 2.32. The largest absolute Gasteiger partial charge is 0.504 e. The number of likely N-dealkylation sites (N-methyl/N-ethyl adjacent to an activating group) is 1. The van der Waals surface area contributed by atoms with Crippen molar-refractivity contribution in [1.82, 2.24) is 4.90 Å². The van der Waals surface area contributed by atoms with Crippen molar-refractivity contribution < 1.29 is 19.8 Å². The van der Waals surface area contributed by atoms with Crippen molar-refractivity contribution >= 4 is 29.0 Å². The minimum Gasteiger partial charge on any atom is -0.504 e. The van der Waals surface area contributed by atoms with Gasteiger partial charge in [0.05, 0.1) is 4.91 Å². The topological polar surface area (TPSA) is 77.8 Å². The highest BCUT2D eigenvalue weighted by Gasteiger charge is 2.33. The predicted molar refractivity (Wildman–Crippen MR) is 68.1 cm³/mol. The van der Waals surface area contributed by atoms with Gasteiger partial charge in [-0.15, -0.1) is 0 Å².